The lowest BCUT2D eigenvalue weighted by Crippen LogP contribution is -2.29. The van der Waals surface area contributed by atoms with Crippen LogP contribution in [-0.2, 0) is 17.1 Å². The van der Waals surface area contributed by atoms with Crippen molar-refractivity contribution < 1.29 is 8.42 Å². The average molecular weight is 283 g/mol. The molecule has 0 saturated carbocycles. The van der Waals surface area contributed by atoms with Gasteiger partial charge in [0.2, 0.25) is 0 Å². The van der Waals surface area contributed by atoms with Crippen molar-refractivity contribution >= 4 is 22.4 Å². The van der Waals surface area contributed by atoms with Gasteiger partial charge in [0.15, 0.2) is 5.03 Å². The lowest BCUT2D eigenvalue weighted by Gasteiger charge is -2.06. The Balaban J connectivity index is 0.00000256. The Morgan fingerprint density at radius 2 is 2.18 bits per heavy atom. The molecule has 0 spiro atoms. The number of nitrogens with one attached hydrogen (secondary N) is 1. The molecule has 0 fully saturated rings. The molecule has 0 saturated heterocycles. The number of imidazole rings is 1. The topological polar surface area (TPSA) is 90.0 Å². The molecule has 100 valence electrons. The van der Waals surface area contributed by atoms with Crippen molar-refractivity contribution in [3.63, 3.8) is 0 Å². The Morgan fingerprint density at radius 1 is 1.59 bits per heavy atom. The molecule has 1 heterocycles. The first-order chi connectivity index (χ1) is 7.33. The Kier molecular flexibility index (Phi) is 6.11. The highest BCUT2D eigenvalue weighted by Gasteiger charge is 2.17. The van der Waals surface area contributed by atoms with Crippen LogP contribution in [0.2, 0.25) is 0 Å². The van der Waals surface area contributed by atoms with Gasteiger partial charge in [-0.15, -0.1) is 12.4 Å². The van der Waals surface area contributed by atoms with Crippen LogP contribution in [0, 0.1) is 6.92 Å². The van der Waals surface area contributed by atoms with E-state index in [-0.39, 0.29) is 23.5 Å². The van der Waals surface area contributed by atoms with Gasteiger partial charge in [0.1, 0.15) is 5.82 Å². The van der Waals surface area contributed by atoms with Crippen molar-refractivity contribution in [3.8, 4) is 0 Å². The smallest absolute Gasteiger partial charge is 0.259 e. The molecule has 0 amide bonds. The lowest BCUT2D eigenvalue weighted by molar-refractivity contribution is 0.568. The summed E-state index contributed by atoms with van der Waals surface area (Å²) in [7, 11) is -1.74. The summed E-state index contributed by atoms with van der Waals surface area (Å²) in [4.78, 5) is 3.96. The van der Waals surface area contributed by atoms with Gasteiger partial charge in [0, 0.05) is 25.8 Å². The second kappa shape index (κ2) is 6.34. The van der Waals surface area contributed by atoms with Crippen LogP contribution in [0.4, 0.5) is 0 Å². The maximum absolute atomic E-state index is 11.8. The van der Waals surface area contributed by atoms with Crippen LogP contribution >= 0.6 is 12.4 Å². The number of sulfonamides is 1. The van der Waals surface area contributed by atoms with Crippen molar-refractivity contribution in [2.24, 2.45) is 12.8 Å². The molecule has 1 atom stereocenters. The maximum Gasteiger partial charge on any atom is 0.259 e. The van der Waals surface area contributed by atoms with Crippen molar-refractivity contribution in [2.45, 2.75) is 31.3 Å². The molecular formula is C9H19ClN4O2S. The quantitative estimate of drug-likeness (QED) is 0.805. The van der Waals surface area contributed by atoms with Crippen molar-refractivity contribution in [3.05, 3.63) is 12.0 Å². The van der Waals surface area contributed by atoms with Crippen molar-refractivity contribution in [1.29, 1.82) is 0 Å². The fourth-order valence-electron chi connectivity index (χ4n) is 1.15. The number of aromatic nitrogens is 2. The van der Waals surface area contributed by atoms with Crippen LogP contribution in [0.15, 0.2) is 11.2 Å². The van der Waals surface area contributed by atoms with Gasteiger partial charge < -0.3 is 10.3 Å². The first-order valence-corrected chi connectivity index (χ1v) is 6.56. The highest BCUT2D eigenvalue weighted by Crippen LogP contribution is 2.07. The molecule has 17 heavy (non-hydrogen) atoms. The van der Waals surface area contributed by atoms with Crippen LogP contribution < -0.4 is 10.5 Å². The van der Waals surface area contributed by atoms with E-state index in [2.05, 4.69) is 9.71 Å². The Bertz CT molecular complexity index is 436. The van der Waals surface area contributed by atoms with Crippen LogP contribution in [0.5, 0.6) is 0 Å². The number of halogens is 1. The number of aryl methyl sites for hydroxylation is 2. The molecule has 0 aliphatic heterocycles. The van der Waals surface area contributed by atoms with Gasteiger partial charge in [-0.1, -0.05) is 0 Å². The van der Waals surface area contributed by atoms with Gasteiger partial charge in [-0.25, -0.2) is 18.1 Å². The van der Waals surface area contributed by atoms with Crippen molar-refractivity contribution in [2.75, 3.05) is 6.54 Å². The Hall–Kier alpha value is -0.630. The zero-order valence-corrected chi connectivity index (χ0v) is 11.8. The number of nitrogens with two attached hydrogens (primary N) is 1. The molecule has 1 aromatic heterocycles. The summed E-state index contributed by atoms with van der Waals surface area (Å²) < 4.78 is 27.6. The number of nitrogens with zero attached hydrogens (tertiary/aromatic N) is 2. The van der Waals surface area contributed by atoms with E-state index in [4.69, 9.17) is 5.73 Å². The molecule has 0 radical (unpaired) electrons. The fourth-order valence-corrected chi connectivity index (χ4v) is 2.23. The summed E-state index contributed by atoms with van der Waals surface area (Å²) in [5.74, 6) is 0.660. The first-order valence-electron chi connectivity index (χ1n) is 5.08. The van der Waals surface area contributed by atoms with Gasteiger partial charge in [-0.2, -0.15) is 0 Å². The largest absolute Gasteiger partial charge is 0.337 e. The molecule has 0 aromatic carbocycles. The third-order valence-electron chi connectivity index (χ3n) is 2.25. The summed E-state index contributed by atoms with van der Waals surface area (Å²) >= 11 is 0. The van der Waals surface area contributed by atoms with Gasteiger partial charge >= 0.3 is 0 Å². The predicted octanol–water partition coefficient (Wildman–Crippen LogP) is 0.166. The maximum atomic E-state index is 11.8. The van der Waals surface area contributed by atoms with E-state index in [1.807, 2.05) is 6.92 Å². The third kappa shape index (κ3) is 4.63. The van der Waals surface area contributed by atoms with E-state index in [0.29, 0.717) is 18.8 Å². The summed E-state index contributed by atoms with van der Waals surface area (Å²) in [5.41, 5.74) is 5.53. The van der Waals surface area contributed by atoms with E-state index in [0.717, 1.165) is 0 Å². The number of rotatable bonds is 5. The molecule has 0 aliphatic rings. The van der Waals surface area contributed by atoms with E-state index in [9.17, 15) is 8.42 Å². The summed E-state index contributed by atoms with van der Waals surface area (Å²) in [6.07, 6.45) is 2.09. The summed E-state index contributed by atoms with van der Waals surface area (Å²) in [5, 5.41) is 0.0529. The van der Waals surface area contributed by atoms with E-state index < -0.39 is 10.0 Å². The molecule has 3 N–H and O–H groups in total. The Labute approximate surface area is 108 Å². The first kappa shape index (κ1) is 16.4. The van der Waals surface area contributed by atoms with Crippen LogP contribution in [-0.4, -0.2) is 30.6 Å². The molecule has 6 nitrogen and oxygen atoms in total. The zero-order chi connectivity index (χ0) is 12.3. The van der Waals surface area contributed by atoms with Gasteiger partial charge in [-0.05, 0) is 20.3 Å². The predicted molar refractivity (Wildman–Crippen MR) is 68.6 cm³/mol. The van der Waals surface area contributed by atoms with E-state index in [1.165, 1.54) is 6.20 Å². The second-order valence-electron chi connectivity index (χ2n) is 3.90. The van der Waals surface area contributed by atoms with Crippen LogP contribution in [0.25, 0.3) is 0 Å². The highest BCUT2D eigenvalue weighted by atomic mass is 35.5. The molecular weight excluding hydrogens is 264 g/mol. The van der Waals surface area contributed by atoms with E-state index in [1.54, 1.807) is 18.5 Å². The number of hydrogen-bond acceptors (Lipinski definition) is 4. The van der Waals surface area contributed by atoms with Gasteiger partial charge in [0.25, 0.3) is 10.0 Å². The van der Waals surface area contributed by atoms with Crippen LogP contribution in [0.1, 0.15) is 19.2 Å². The highest BCUT2D eigenvalue weighted by molar-refractivity contribution is 7.89. The number of hydrogen-bond donors (Lipinski definition) is 2. The molecule has 1 aromatic rings. The molecule has 1 rings (SSSR count). The van der Waals surface area contributed by atoms with Gasteiger partial charge in [0.05, 0.1) is 0 Å². The summed E-state index contributed by atoms with van der Waals surface area (Å²) in [6.45, 7) is 3.91. The summed E-state index contributed by atoms with van der Waals surface area (Å²) in [6, 6.07) is -0.0202. The normalized spacial score (nSPS) is 13.2. The average Bonchev–Trinajstić information content (AvgIpc) is 2.46. The molecule has 0 bridgehead atoms. The minimum Gasteiger partial charge on any atom is -0.337 e. The minimum atomic E-state index is -3.50. The standard InChI is InChI=1S/C9H18N4O2S.ClH/c1-7(10)4-5-11-16(14,15)9-6-13(3)8(2)12-9;/h6-7,11H,4-5,10H2,1-3H3;1H. The Morgan fingerprint density at radius 3 is 2.59 bits per heavy atom. The molecule has 0 aliphatic carbocycles. The third-order valence-corrected chi connectivity index (χ3v) is 3.59. The fraction of sp³-hybridized carbons (Fsp3) is 0.667. The van der Waals surface area contributed by atoms with E-state index >= 15 is 0 Å². The lowest BCUT2D eigenvalue weighted by atomic mass is 10.3. The second-order valence-corrected chi connectivity index (χ2v) is 5.61. The van der Waals surface area contributed by atoms with Crippen molar-refractivity contribution in [1.82, 2.24) is 14.3 Å². The molecule has 8 heteroatoms. The SMILES string of the molecule is Cc1nc(S(=O)(=O)NCCC(C)N)cn1C.Cl. The molecule has 1 unspecified atom stereocenters. The minimum absolute atomic E-state index is 0. The van der Waals surface area contributed by atoms with Gasteiger partial charge in [-0.3, -0.25) is 0 Å². The zero-order valence-electron chi connectivity index (χ0n) is 10.2. The monoisotopic (exact) mass is 282 g/mol. The van der Waals surface area contributed by atoms with Crippen LogP contribution in [0.3, 0.4) is 0 Å².